The van der Waals surface area contributed by atoms with Gasteiger partial charge < -0.3 is 5.32 Å². The highest BCUT2D eigenvalue weighted by molar-refractivity contribution is 7.88. The minimum absolute atomic E-state index is 0.265. The average molecular weight is 204 g/mol. The first-order valence-electron chi connectivity index (χ1n) is 4.68. The summed E-state index contributed by atoms with van der Waals surface area (Å²) in [4.78, 5) is 0. The molecule has 2 aliphatic heterocycles. The van der Waals surface area contributed by atoms with Crippen molar-refractivity contribution in [2.75, 3.05) is 32.4 Å². The van der Waals surface area contributed by atoms with Crippen molar-refractivity contribution in [2.45, 2.75) is 12.8 Å². The number of nitrogens with zero attached hydrogens (tertiary/aromatic N) is 1. The maximum Gasteiger partial charge on any atom is 0.211 e. The second kappa shape index (κ2) is 2.93. The van der Waals surface area contributed by atoms with Gasteiger partial charge in [-0.05, 0) is 19.4 Å². The minimum atomic E-state index is -2.94. The van der Waals surface area contributed by atoms with Crippen LogP contribution in [-0.2, 0) is 10.0 Å². The summed E-state index contributed by atoms with van der Waals surface area (Å²) in [7, 11) is -2.94. The predicted octanol–water partition coefficient (Wildman–Crippen LogP) is -0.369. The number of piperidine rings is 1. The molecule has 0 atom stereocenters. The number of nitrogens with one attached hydrogen (secondary N) is 1. The van der Waals surface area contributed by atoms with Crippen molar-refractivity contribution in [1.82, 2.24) is 9.62 Å². The van der Waals surface area contributed by atoms with Crippen LogP contribution in [0.15, 0.2) is 0 Å². The summed E-state index contributed by atoms with van der Waals surface area (Å²) < 4.78 is 23.9. The Kier molecular flexibility index (Phi) is 2.13. The van der Waals surface area contributed by atoms with Crippen molar-refractivity contribution in [3.8, 4) is 0 Å². The van der Waals surface area contributed by atoms with Crippen LogP contribution >= 0.6 is 0 Å². The molecule has 0 saturated carbocycles. The van der Waals surface area contributed by atoms with E-state index in [1.54, 1.807) is 4.31 Å². The summed E-state index contributed by atoms with van der Waals surface area (Å²) >= 11 is 0. The van der Waals surface area contributed by atoms with Crippen molar-refractivity contribution in [2.24, 2.45) is 5.41 Å². The quantitative estimate of drug-likeness (QED) is 0.634. The normalized spacial score (nSPS) is 28.7. The second-order valence-electron chi connectivity index (χ2n) is 4.31. The van der Waals surface area contributed by atoms with Gasteiger partial charge >= 0.3 is 0 Å². The molecule has 2 saturated heterocycles. The fourth-order valence-electron chi connectivity index (χ4n) is 2.24. The van der Waals surface area contributed by atoms with E-state index in [0.29, 0.717) is 0 Å². The topological polar surface area (TPSA) is 49.4 Å². The molecule has 0 unspecified atom stereocenters. The molecule has 0 aromatic heterocycles. The summed E-state index contributed by atoms with van der Waals surface area (Å²) in [5.41, 5.74) is 0.265. The highest BCUT2D eigenvalue weighted by atomic mass is 32.2. The summed E-state index contributed by atoms with van der Waals surface area (Å²) in [6.07, 6.45) is 3.64. The summed E-state index contributed by atoms with van der Waals surface area (Å²) in [6, 6.07) is 0. The second-order valence-corrected chi connectivity index (χ2v) is 6.29. The molecule has 0 aromatic carbocycles. The van der Waals surface area contributed by atoms with Crippen LogP contribution in [0.5, 0.6) is 0 Å². The lowest BCUT2D eigenvalue weighted by atomic mass is 9.75. The Morgan fingerprint density at radius 3 is 2.54 bits per heavy atom. The van der Waals surface area contributed by atoms with Crippen LogP contribution in [0.3, 0.4) is 0 Å². The molecule has 0 radical (unpaired) electrons. The fourth-order valence-corrected chi connectivity index (χ4v) is 3.25. The minimum Gasteiger partial charge on any atom is -0.316 e. The molecule has 76 valence electrons. The third kappa shape index (κ3) is 1.73. The summed E-state index contributed by atoms with van der Waals surface area (Å²) in [6.45, 7) is 3.51. The van der Waals surface area contributed by atoms with Crippen molar-refractivity contribution in [1.29, 1.82) is 0 Å². The lowest BCUT2D eigenvalue weighted by molar-refractivity contribution is 0.0441. The Hall–Kier alpha value is -0.130. The molecule has 2 heterocycles. The highest BCUT2D eigenvalue weighted by Crippen LogP contribution is 2.37. The molecule has 2 aliphatic rings. The number of sulfonamides is 1. The van der Waals surface area contributed by atoms with Gasteiger partial charge in [-0.2, -0.15) is 0 Å². The van der Waals surface area contributed by atoms with Crippen LogP contribution < -0.4 is 5.32 Å². The first-order chi connectivity index (χ1) is 6.02. The Labute approximate surface area is 79.4 Å². The SMILES string of the molecule is CS(=O)(=O)N1CC2(CCCNC2)C1. The number of rotatable bonds is 1. The molecule has 13 heavy (non-hydrogen) atoms. The van der Waals surface area contributed by atoms with Gasteiger partial charge in [-0.1, -0.05) is 0 Å². The van der Waals surface area contributed by atoms with Crippen LogP contribution in [0.1, 0.15) is 12.8 Å². The van der Waals surface area contributed by atoms with E-state index in [-0.39, 0.29) is 5.41 Å². The van der Waals surface area contributed by atoms with Gasteiger partial charge in [-0.15, -0.1) is 0 Å². The number of hydrogen-bond donors (Lipinski definition) is 1. The van der Waals surface area contributed by atoms with Crippen LogP contribution in [0, 0.1) is 5.41 Å². The highest BCUT2D eigenvalue weighted by Gasteiger charge is 2.46. The molecule has 0 amide bonds. The van der Waals surface area contributed by atoms with Crippen LogP contribution in [0.25, 0.3) is 0 Å². The molecule has 4 nitrogen and oxygen atoms in total. The molecule has 0 bridgehead atoms. The molecular formula is C8H16N2O2S. The molecule has 5 heteroatoms. The molecule has 2 rings (SSSR count). The molecule has 2 fully saturated rings. The first kappa shape index (κ1) is 9.43. The monoisotopic (exact) mass is 204 g/mol. The lowest BCUT2D eigenvalue weighted by Gasteiger charge is -2.51. The van der Waals surface area contributed by atoms with Crippen molar-refractivity contribution in [3.05, 3.63) is 0 Å². The number of hydrogen-bond acceptors (Lipinski definition) is 3. The lowest BCUT2D eigenvalue weighted by Crippen LogP contribution is -2.63. The van der Waals surface area contributed by atoms with Gasteiger partial charge in [0, 0.05) is 25.0 Å². The Morgan fingerprint density at radius 2 is 2.08 bits per heavy atom. The molecule has 1 spiro atoms. The van der Waals surface area contributed by atoms with Gasteiger partial charge in [-0.25, -0.2) is 12.7 Å². The van der Waals surface area contributed by atoms with E-state index < -0.39 is 10.0 Å². The zero-order valence-electron chi connectivity index (χ0n) is 7.91. The van der Waals surface area contributed by atoms with E-state index in [2.05, 4.69) is 5.32 Å². The van der Waals surface area contributed by atoms with Crippen LogP contribution in [0.4, 0.5) is 0 Å². The third-order valence-corrected chi connectivity index (χ3v) is 4.25. The van der Waals surface area contributed by atoms with Crippen molar-refractivity contribution in [3.63, 3.8) is 0 Å². The van der Waals surface area contributed by atoms with E-state index in [0.717, 1.165) is 26.2 Å². The zero-order valence-corrected chi connectivity index (χ0v) is 8.73. The Bertz CT molecular complexity index is 285. The van der Waals surface area contributed by atoms with Gasteiger partial charge in [0.2, 0.25) is 10.0 Å². The predicted molar refractivity (Wildman–Crippen MR) is 51.0 cm³/mol. The van der Waals surface area contributed by atoms with E-state index in [1.807, 2.05) is 0 Å². The Balaban J connectivity index is 1.96. The van der Waals surface area contributed by atoms with Gasteiger partial charge in [0.15, 0.2) is 0 Å². The summed E-state index contributed by atoms with van der Waals surface area (Å²) in [5, 5.41) is 3.33. The molecule has 1 N–H and O–H groups in total. The molecule has 0 aromatic rings. The summed E-state index contributed by atoms with van der Waals surface area (Å²) in [5.74, 6) is 0. The van der Waals surface area contributed by atoms with E-state index in [9.17, 15) is 8.42 Å². The molecular weight excluding hydrogens is 188 g/mol. The van der Waals surface area contributed by atoms with Crippen molar-refractivity contribution >= 4 is 10.0 Å². The zero-order chi connectivity index (χ0) is 9.53. The van der Waals surface area contributed by atoms with Crippen LogP contribution in [-0.4, -0.2) is 45.2 Å². The largest absolute Gasteiger partial charge is 0.316 e. The molecule has 0 aliphatic carbocycles. The van der Waals surface area contributed by atoms with E-state index in [1.165, 1.54) is 19.1 Å². The van der Waals surface area contributed by atoms with Crippen molar-refractivity contribution < 1.29 is 8.42 Å². The van der Waals surface area contributed by atoms with Gasteiger partial charge in [0.1, 0.15) is 0 Å². The van der Waals surface area contributed by atoms with Gasteiger partial charge in [-0.3, -0.25) is 0 Å². The van der Waals surface area contributed by atoms with E-state index >= 15 is 0 Å². The maximum absolute atomic E-state index is 11.1. The standard InChI is InChI=1S/C8H16N2O2S/c1-13(11,12)10-6-8(7-10)3-2-4-9-5-8/h9H,2-7H2,1H3. The van der Waals surface area contributed by atoms with E-state index in [4.69, 9.17) is 0 Å². The maximum atomic E-state index is 11.1. The Morgan fingerprint density at radius 1 is 1.38 bits per heavy atom. The van der Waals surface area contributed by atoms with Crippen LogP contribution in [0.2, 0.25) is 0 Å². The first-order valence-corrected chi connectivity index (χ1v) is 6.53. The smallest absolute Gasteiger partial charge is 0.211 e. The fraction of sp³-hybridized carbons (Fsp3) is 1.00. The van der Waals surface area contributed by atoms with Gasteiger partial charge in [0.05, 0.1) is 6.26 Å². The third-order valence-electron chi connectivity index (χ3n) is 3.05. The average Bonchev–Trinajstić information content (AvgIpc) is 2.00. The van der Waals surface area contributed by atoms with Gasteiger partial charge in [0.25, 0.3) is 0 Å².